The second kappa shape index (κ2) is 64.2. The molecule has 0 aliphatic heterocycles. The van der Waals surface area contributed by atoms with E-state index in [-0.39, 0.29) is 31.1 Å². The highest BCUT2D eigenvalue weighted by molar-refractivity contribution is 5.71. The van der Waals surface area contributed by atoms with Crippen LogP contribution < -0.4 is 0 Å². The predicted octanol–water partition coefficient (Wildman–Crippen LogP) is 22.8. The van der Waals surface area contributed by atoms with Crippen molar-refractivity contribution in [3.63, 3.8) is 0 Å². The summed E-state index contributed by atoms with van der Waals surface area (Å²) in [6, 6.07) is 0. The quantitative estimate of drug-likeness (QED) is 0.0261. The van der Waals surface area contributed by atoms with Gasteiger partial charge in [0.05, 0.1) is 0 Å². The van der Waals surface area contributed by atoms with E-state index in [1.54, 1.807) is 0 Å². The Morgan fingerprint density at radius 2 is 0.480 bits per heavy atom. The second-order valence-corrected chi connectivity index (χ2v) is 22.7. The smallest absolute Gasteiger partial charge is 0.306 e. The van der Waals surface area contributed by atoms with E-state index in [0.29, 0.717) is 19.3 Å². The first-order valence-corrected chi connectivity index (χ1v) is 33.5. The Morgan fingerprint density at radius 3 is 0.747 bits per heavy atom. The maximum atomic E-state index is 12.9. The summed E-state index contributed by atoms with van der Waals surface area (Å²) < 4.78 is 17.0. The van der Waals surface area contributed by atoms with Gasteiger partial charge in [-0.3, -0.25) is 14.4 Å². The molecule has 0 aliphatic carbocycles. The minimum atomic E-state index is -0.773. The van der Waals surface area contributed by atoms with Gasteiger partial charge in [0.25, 0.3) is 0 Å². The third-order valence-electron chi connectivity index (χ3n) is 15.1. The minimum Gasteiger partial charge on any atom is -0.462 e. The Morgan fingerprint density at radius 1 is 0.267 bits per heavy atom. The number of ether oxygens (including phenoxy) is 3. The molecule has 0 saturated carbocycles. The summed E-state index contributed by atoms with van der Waals surface area (Å²) in [7, 11) is 0. The number of esters is 3. The lowest BCUT2D eigenvalue weighted by Gasteiger charge is -2.18. The molecular formula is C69H128O6. The van der Waals surface area contributed by atoms with Crippen LogP contribution in [0.3, 0.4) is 0 Å². The highest BCUT2D eigenvalue weighted by atomic mass is 16.6. The van der Waals surface area contributed by atoms with Gasteiger partial charge in [0.15, 0.2) is 6.10 Å². The summed E-state index contributed by atoms with van der Waals surface area (Å²) in [5, 5.41) is 0. The number of carbonyl (C=O) groups is 3. The molecule has 0 bridgehead atoms. The van der Waals surface area contributed by atoms with Crippen LogP contribution in [0.25, 0.3) is 0 Å². The van der Waals surface area contributed by atoms with Crippen molar-refractivity contribution >= 4 is 17.9 Å². The van der Waals surface area contributed by atoms with Crippen molar-refractivity contribution < 1.29 is 28.6 Å². The summed E-state index contributed by atoms with van der Waals surface area (Å²) in [6.07, 6.45) is 78.7. The van der Waals surface area contributed by atoms with Crippen LogP contribution in [-0.4, -0.2) is 37.2 Å². The molecule has 0 N–H and O–H groups in total. The molecule has 0 saturated heterocycles. The van der Waals surface area contributed by atoms with Gasteiger partial charge in [-0.2, -0.15) is 0 Å². The Kier molecular flexibility index (Phi) is 62.1. The molecule has 75 heavy (non-hydrogen) atoms. The minimum absolute atomic E-state index is 0.0694. The van der Waals surface area contributed by atoms with E-state index in [2.05, 4.69) is 57.2 Å². The average Bonchev–Trinajstić information content (AvgIpc) is 3.41. The molecule has 6 nitrogen and oxygen atoms in total. The molecule has 0 aromatic carbocycles. The molecule has 0 radical (unpaired) electrons. The summed E-state index contributed by atoms with van der Waals surface area (Å²) >= 11 is 0. The number of carbonyl (C=O) groups excluding carboxylic acids is 3. The van der Waals surface area contributed by atoms with E-state index >= 15 is 0 Å². The molecule has 440 valence electrons. The fourth-order valence-electron chi connectivity index (χ4n) is 10.1. The molecule has 6 heteroatoms. The van der Waals surface area contributed by atoms with Crippen molar-refractivity contribution in [2.24, 2.45) is 0 Å². The van der Waals surface area contributed by atoms with Gasteiger partial charge in [-0.15, -0.1) is 0 Å². The van der Waals surface area contributed by atoms with Gasteiger partial charge in [0, 0.05) is 19.3 Å². The van der Waals surface area contributed by atoms with Crippen molar-refractivity contribution in [1.82, 2.24) is 0 Å². The highest BCUT2D eigenvalue weighted by Crippen LogP contribution is 2.17. The van der Waals surface area contributed by atoms with Crippen molar-refractivity contribution in [3.8, 4) is 0 Å². The van der Waals surface area contributed by atoms with Crippen molar-refractivity contribution in [2.75, 3.05) is 13.2 Å². The molecule has 0 rings (SSSR count). The summed E-state index contributed by atoms with van der Waals surface area (Å²) in [5.41, 5.74) is 0. The molecule has 0 aliphatic rings. The Hall–Kier alpha value is -2.37. The van der Waals surface area contributed by atoms with Crippen LogP contribution in [-0.2, 0) is 28.6 Å². The van der Waals surface area contributed by atoms with Crippen molar-refractivity contribution in [3.05, 3.63) is 36.5 Å². The number of rotatable bonds is 62. The van der Waals surface area contributed by atoms with Crippen molar-refractivity contribution in [2.45, 2.75) is 374 Å². The predicted molar refractivity (Wildman–Crippen MR) is 326 cm³/mol. The first-order valence-electron chi connectivity index (χ1n) is 33.5. The van der Waals surface area contributed by atoms with E-state index in [4.69, 9.17) is 14.2 Å². The standard InChI is InChI=1S/C69H128O6/c1-4-7-10-13-16-19-22-25-27-29-31-33-34-36-37-39-41-44-47-50-53-56-59-62-68(71)74-65-66(64-73-67(70)61-58-55-52-49-46-43-24-21-18-15-12-9-6-3)75-69(72)63-60-57-54-51-48-45-42-40-38-35-32-30-28-26-23-20-17-14-11-8-5-2/h23,26,29-32,66H,4-22,24-25,27-28,33-65H2,1-3H3/b26-23-,31-29-,32-30-. The van der Waals surface area contributed by atoms with Gasteiger partial charge in [0.1, 0.15) is 13.2 Å². The van der Waals surface area contributed by atoms with Gasteiger partial charge in [-0.05, 0) is 77.0 Å². The lowest BCUT2D eigenvalue weighted by Crippen LogP contribution is -2.30. The maximum Gasteiger partial charge on any atom is 0.306 e. The first-order chi connectivity index (χ1) is 37.0. The number of hydrogen-bond donors (Lipinski definition) is 0. The molecule has 0 aromatic rings. The second-order valence-electron chi connectivity index (χ2n) is 22.7. The van der Waals surface area contributed by atoms with Gasteiger partial charge < -0.3 is 14.2 Å². The summed E-state index contributed by atoms with van der Waals surface area (Å²) in [5.74, 6) is -0.849. The number of allylic oxidation sites excluding steroid dienone is 6. The average molecular weight is 1050 g/mol. The Balaban J connectivity index is 4.28. The number of unbranched alkanes of at least 4 members (excludes halogenated alkanes) is 45. The lowest BCUT2D eigenvalue weighted by molar-refractivity contribution is -0.167. The Bertz CT molecular complexity index is 1250. The van der Waals surface area contributed by atoms with Crippen LogP contribution >= 0.6 is 0 Å². The van der Waals surface area contributed by atoms with E-state index in [0.717, 1.165) is 64.2 Å². The fraction of sp³-hybridized carbons (Fsp3) is 0.870. The van der Waals surface area contributed by atoms with Crippen LogP contribution in [0.15, 0.2) is 36.5 Å². The van der Waals surface area contributed by atoms with Gasteiger partial charge in [-0.1, -0.05) is 308 Å². The third kappa shape index (κ3) is 62.4. The molecule has 0 aromatic heterocycles. The monoisotopic (exact) mass is 1050 g/mol. The van der Waals surface area contributed by atoms with Gasteiger partial charge in [-0.25, -0.2) is 0 Å². The van der Waals surface area contributed by atoms with E-state index < -0.39 is 6.10 Å². The third-order valence-corrected chi connectivity index (χ3v) is 15.1. The van der Waals surface area contributed by atoms with E-state index in [1.165, 1.54) is 263 Å². The molecule has 1 unspecified atom stereocenters. The fourth-order valence-corrected chi connectivity index (χ4v) is 10.1. The SMILES string of the molecule is CCCCCCC/C=C\C/C=C\CCCCCCCCCCCC(=O)OC(COC(=O)CCCCCCCCCCCCC/C=C\CCCCCCCCCC)COC(=O)CCCCCCCCCCCCCCC. The van der Waals surface area contributed by atoms with E-state index in [9.17, 15) is 14.4 Å². The lowest BCUT2D eigenvalue weighted by atomic mass is 10.0. The highest BCUT2D eigenvalue weighted by Gasteiger charge is 2.19. The first kappa shape index (κ1) is 72.6. The molecule has 0 heterocycles. The Labute approximate surface area is 467 Å². The van der Waals surface area contributed by atoms with Crippen LogP contribution in [0.4, 0.5) is 0 Å². The molecular weight excluding hydrogens is 925 g/mol. The molecule has 0 amide bonds. The van der Waals surface area contributed by atoms with Gasteiger partial charge >= 0.3 is 17.9 Å². The largest absolute Gasteiger partial charge is 0.462 e. The van der Waals surface area contributed by atoms with E-state index in [1.807, 2.05) is 0 Å². The maximum absolute atomic E-state index is 12.9. The van der Waals surface area contributed by atoms with Crippen molar-refractivity contribution in [1.29, 1.82) is 0 Å². The zero-order valence-corrected chi connectivity index (χ0v) is 50.6. The van der Waals surface area contributed by atoms with Gasteiger partial charge in [0.2, 0.25) is 0 Å². The normalized spacial score (nSPS) is 12.2. The van der Waals surface area contributed by atoms with Crippen LogP contribution in [0, 0.1) is 0 Å². The van der Waals surface area contributed by atoms with Crippen LogP contribution in [0.2, 0.25) is 0 Å². The molecule has 0 fully saturated rings. The summed E-state index contributed by atoms with van der Waals surface area (Å²) in [4.78, 5) is 38.3. The van der Waals surface area contributed by atoms with Crippen LogP contribution in [0.5, 0.6) is 0 Å². The molecule has 1 atom stereocenters. The van der Waals surface area contributed by atoms with Crippen LogP contribution in [0.1, 0.15) is 367 Å². The zero-order valence-electron chi connectivity index (χ0n) is 50.6. The zero-order chi connectivity index (χ0) is 54.3. The molecule has 0 spiro atoms. The topological polar surface area (TPSA) is 78.9 Å². The summed E-state index contributed by atoms with van der Waals surface area (Å²) in [6.45, 7) is 6.69. The number of hydrogen-bond acceptors (Lipinski definition) is 6.